The van der Waals surface area contributed by atoms with Crippen LogP contribution < -0.4 is 24.8 Å². The van der Waals surface area contributed by atoms with Crippen molar-refractivity contribution in [1.82, 2.24) is 0 Å². The van der Waals surface area contributed by atoms with E-state index >= 15 is 0 Å². The van der Waals surface area contributed by atoms with Gasteiger partial charge in [0.15, 0.2) is 0 Å². The quantitative estimate of drug-likeness (QED) is 0.724. The minimum atomic E-state index is -3.75. The van der Waals surface area contributed by atoms with Gasteiger partial charge in [-0.3, -0.25) is 4.79 Å². The van der Waals surface area contributed by atoms with E-state index in [2.05, 4.69) is 5.32 Å². The summed E-state index contributed by atoms with van der Waals surface area (Å²) in [5.41, 5.74) is 3.36. The number of ether oxygens (including phenoxy) is 2. The Kier molecular flexibility index (Phi) is 5.33. The maximum atomic E-state index is 12.8. The van der Waals surface area contributed by atoms with Crippen molar-refractivity contribution < 1.29 is 22.7 Å². The molecule has 1 atom stereocenters. The number of carbonyl (C=O) groups excluding carboxylic acids is 1. The second-order valence-electron chi connectivity index (χ2n) is 7.58. The summed E-state index contributed by atoms with van der Waals surface area (Å²) >= 11 is 0. The van der Waals surface area contributed by atoms with Crippen molar-refractivity contribution >= 4 is 27.3 Å². The average molecular weight is 432 g/mol. The van der Waals surface area contributed by atoms with Gasteiger partial charge in [-0.1, -0.05) is 0 Å². The molecule has 2 aromatic carbocycles. The van der Waals surface area contributed by atoms with Crippen LogP contribution in [0.3, 0.4) is 0 Å². The molecule has 0 aromatic heterocycles. The summed E-state index contributed by atoms with van der Waals surface area (Å²) < 4.78 is 34.6. The van der Waals surface area contributed by atoms with Crippen molar-refractivity contribution in [2.24, 2.45) is 5.14 Å². The van der Waals surface area contributed by atoms with Gasteiger partial charge in [0, 0.05) is 30.3 Å². The number of nitrogens with two attached hydrogens (primary N) is 1. The Morgan fingerprint density at radius 3 is 2.83 bits per heavy atom. The first kappa shape index (κ1) is 20.5. The van der Waals surface area contributed by atoms with Crippen LogP contribution in [-0.2, 0) is 27.7 Å². The summed E-state index contributed by atoms with van der Waals surface area (Å²) in [5, 5.41) is 8.14. The number of nitrogens with zero attached hydrogens (tertiary/aromatic N) is 1. The Labute approximate surface area is 176 Å². The van der Waals surface area contributed by atoms with Crippen LogP contribution in [0.15, 0.2) is 35.2 Å². The zero-order valence-electron chi connectivity index (χ0n) is 17.0. The number of hydrogen-bond donors (Lipinski definition) is 2. The van der Waals surface area contributed by atoms with Gasteiger partial charge in [-0.15, -0.1) is 0 Å². The Bertz CT molecular complexity index is 1100. The molecule has 30 heavy (non-hydrogen) atoms. The molecule has 8 nitrogen and oxygen atoms in total. The third-order valence-corrected chi connectivity index (χ3v) is 6.19. The molecule has 0 saturated heterocycles. The SMILES string of the molecule is CCOc1cc2c(cc1NC(=O)CN1CCc3cc(S(N)(=O)=O)ccc31)O[C@@H](C)C2. The summed E-state index contributed by atoms with van der Waals surface area (Å²) in [6, 6.07) is 8.49. The molecule has 3 N–H and O–H groups in total. The van der Waals surface area contributed by atoms with Gasteiger partial charge < -0.3 is 19.7 Å². The molecule has 2 aliphatic heterocycles. The molecule has 0 unspecified atom stereocenters. The molecule has 0 bridgehead atoms. The summed E-state index contributed by atoms with van der Waals surface area (Å²) in [7, 11) is -3.75. The second-order valence-corrected chi connectivity index (χ2v) is 9.14. The molecular weight excluding hydrogens is 406 g/mol. The lowest BCUT2D eigenvalue weighted by Crippen LogP contribution is -2.32. The molecule has 0 spiro atoms. The van der Waals surface area contributed by atoms with Gasteiger partial charge in [0.1, 0.15) is 17.6 Å². The van der Waals surface area contributed by atoms with Gasteiger partial charge in [-0.25, -0.2) is 13.6 Å². The number of sulfonamides is 1. The second kappa shape index (κ2) is 7.81. The molecule has 0 saturated carbocycles. The normalized spacial score (nSPS) is 17.3. The van der Waals surface area contributed by atoms with Gasteiger partial charge in [0.05, 0.1) is 23.7 Å². The third kappa shape index (κ3) is 4.08. The number of primary sulfonamides is 1. The first-order chi connectivity index (χ1) is 14.2. The number of rotatable bonds is 6. The van der Waals surface area contributed by atoms with Gasteiger partial charge in [0.2, 0.25) is 15.9 Å². The van der Waals surface area contributed by atoms with Gasteiger partial charge >= 0.3 is 0 Å². The fourth-order valence-corrected chi connectivity index (χ4v) is 4.53. The smallest absolute Gasteiger partial charge is 0.243 e. The molecule has 9 heteroatoms. The Morgan fingerprint density at radius 1 is 1.30 bits per heavy atom. The molecule has 0 aliphatic carbocycles. The van der Waals surface area contributed by atoms with E-state index in [4.69, 9.17) is 14.6 Å². The van der Waals surface area contributed by atoms with Gasteiger partial charge in [0.25, 0.3) is 0 Å². The number of amides is 1. The highest BCUT2D eigenvalue weighted by molar-refractivity contribution is 7.89. The first-order valence-corrected chi connectivity index (χ1v) is 11.5. The number of hydrogen-bond acceptors (Lipinski definition) is 6. The molecule has 0 radical (unpaired) electrons. The zero-order valence-corrected chi connectivity index (χ0v) is 17.8. The maximum Gasteiger partial charge on any atom is 0.243 e. The number of carbonyl (C=O) groups is 1. The molecule has 2 aromatic rings. The number of fused-ring (bicyclic) bond motifs is 2. The summed E-state index contributed by atoms with van der Waals surface area (Å²) in [4.78, 5) is 14.8. The molecule has 160 valence electrons. The monoisotopic (exact) mass is 431 g/mol. The van der Waals surface area contributed by atoms with Crippen LogP contribution >= 0.6 is 0 Å². The van der Waals surface area contributed by atoms with Crippen LogP contribution in [0.4, 0.5) is 11.4 Å². The standard InChI is InChI=1S/C21H25N3O5S/c1-3-28-20-10-15-8-13(2)29-19(15)11-17(20)23-21(25)12-24-7-6-14-9-16(30(22,26)27)4-5-18(14)24/h4-5,9-11,13H,3,6-8,12H2,1-2H3,(H,23,25)(H2,22,26,27)/t13-/m0/s1. The van der Waals surface area contributed by atoms with Crippen molar-refractivity contribution in [2.45, 2.75) is 37.7 Å². The van der Waals surface area contributed by atoms with Crippen molar-refractivity contribution in [3.05, 3.63) is 41.5 Å². The molecule has 0 fully saturated rings. The van der Waals surface area contributed by atoms with Crippen molar-refractivity contribution in [1.29, 1.82) is 0 Å². The Balaban J connectivity index is 1.50. The van der Waals surface area contributed by atoms with E-state index in [1.54, 1.807) is 12.1 Å². The maximum absolute atomic E-state index is 12.8. The van der Waals surface area contributed by atoms with Gasteiger partial charge in [-0.2, -0.15) is 0 Å². The van der Waals surface area contributed by atoms with E-state index in [9.17, 15) is 13.2 Å². The molecule has 1 amide bonds. The van der Waals surface area contributed by atoms with Crippen LogP contribution in [0.25, 0.3) is 0 Å². The highest BCUT2D eigenvalue weighted by Crippen LogP contribution is 2.38. The molecule has 2 aliphatic rings. The summed E-state index contributed by atoms with van der Waals surface area (Å²) in [5.74, 6) is 1.20. The van der Waals surface area contributed by atoms with Crippen LogP contribution in [0.1, 0.15) is 25.0 Å². The van der Waals surface area contributed by atoms with Crippen LogP contribution in [0.5, 0.6) is 11.5 Å². The highest BCUT2D eigenvalue weighted by Gasteiger charge is 2.25. The lowest BCUT2D eigenvalue weighted by Gasteiger charge is -2.20. The fraction of sp³-hybridized carbons (Fsp3) is 0.381. The number of nitrogens with one attached hydrogen (secondary N) is 1. The van der Waals surface area contributed by atoms with Crippen molar-refractivity contribution in [2.75, 3.05) is 29.9 Å². The predicted molar refractivity (Wildman–Crippen MR) is 114 cm³/mol. The van der Waals surface area contributed by atoms with E-state index in [0.717, 1.165) is 29.0 Å². The van der Waals surface area contributed by atoms with E-state index in [0.29, 0.717) is 31.0 Å². The predicted octanol–water partition coefficient (Wildman–Crippen LogP) is 2.06. The Morgan fingerprint density at radius 2 is 2.10 bits per heavy atom. The van der Waals surface area contributed by atoms with Crippen LogP contribution in [0.2, 0.25) is 0 Å². The summed E-state index contributed by atoms with van der Waals surface area (Å²) in [6.07, 6.45) is 1.57. The van der Waals surface area contributed by atoms with E-state index < -0.39 is 10.0 Å². The topological polar surface area (TPSA) is 111 Å². The number of anilines is 2. The van der Waals surface area contributed by atoms with E-state index in [1.165, 1.54) is 6.07 Å². The highest BCUT2D eigenvalue weighted by atomic mass is 32.2. The minimum absolute atomic E-state index is 0.0845. The average Bonchev–Trinajstić information content (AvgIpc) is 3.23. The lowest BCUT2D eigenvalue weighted by atomic mass is 10.1. The van der Waals surface area contributed by atoms with E-state index in [1.807, 2.05) is 30.9 Å². The fourth-order valence-electron chi connectivity index (χ4n) is 3.96. The van der Waals surface area contributed by atoms with Crippen molar-refractivity contribution in [3.63, 3.8) is 0 Å². The number of benzene rings is 2. The van der Waals surface area contributed by atoms with E-state index in [-0.39, 0.29) is 23.5 Å². The van der Waals surface area contributed by atoms with Crippen molar-refractivity contribution in [3.8, 4) is 11.5 Å². The largest absolute Gasteiger partial charge is 0.492 e. The van der Waals surface area contributed by atoms with Gasteiger partial charge in [-0.05, 0) is 50.1 Å². The zero-order chi connectivity index (χ0) is 21.5. The van der Waals surface area contributed by atoms with Crippen LogP contribution in [-0.4, -0.2) is 40.1 Å². The third-order valence-electron chi connectivity index (χ3n) is 5.28. The minimum Gasteiger partial charge on any atom is -0.492 e. The summed E-state index contributed by atoms with van der Waals surface area (Å²) in [6.45, 7) is 5.16. The lowest BCUT2D eigenvalue weighted by molar-refractivity contribution is -0.115. The first-order valence-electron chi connectivity index (χ1n) is 9.91. The molecule has 4 rings (SSSR count). The molecular formula is C21H25N3O5S. The molecule has 2 heterocycles. The Hall–Kier alpha value is -2.78. The van der Waals surface area contributed by atoms with Crippen LogP contribution in [0, 0.1) is 0 Å².